The molecule has 176 valence electrons. The normalized spacial score (nSPS) is 29.4. The van der Waals surface area contributed by atoms with Gasteiger partial charge in [-0.3, -0.25) is 24.2 Å². The van der Waals surface area contributed by atoms with Crippen molar-refractivity contribution in [3.63, 3.8) is 0 Å². The van der Waals surface area contributed by atoms with Crippen LogP contribution in [0.4, 0.5) is 5.69 Å². The van der Waals surface area contributed by atoms with Crippen molar-refractivity contribution in [1.82, 2.24) is 9.80 Å². The van der Waals surface area contributed by atoms with Gasteiger partial charge in [-0.1, -0.05) is 24.3 Å². The third-order valence-corrected chi connectivity index (χ3v) is 8.06. The molecule has 4 aliphatic rings. The van der Waals surface area contributed by atoms with Crippen LogP contribution in [0.15, 0.2) is 42.5 Å². The molecule has 2 aromatic carbocycles. The summed E-state index contributed by atoms with van der Waals surface area (Å²) in [5.74, 6) is -0.523. The Labute approximate surface area is 197 Å². The van der Waals surface area contributed by atoms with Gasteiger partial charge in [0, 0.05) is 23.8 Å². The number of hydrogen-bond donors (Lipinski definition) is 1. The zero-order valence-electron chi connectivity index (χ0n) is 19.2. The van der Waals surface area contributed by atoms with E-state index in [4.69, 9.17) is 9.47 Å². The SMILES string of the molecule is COc1ccc(CCN2C(=O)[C@H]3[C@@H](C2=O)[C@]2(C(=O)Nc4ccccc42)N2CCC[C@@H]32)cc1OC. The number of para-hydroxylation sites is 1. The van der Waals surface area contributed by atoms with Crippen LogP contribution in [0.25, 0.3) is 0 Å². The molecule has 4 aliphatic heterocycles. The predicted molar refractivity (Wildman–Crippen MR) is 123 cm³/mol. The van der Waals surface area contributed by atoms with Gasteiger partial charge in [-0.25, -0.2) is 0 Å². The Bertz CT molecular complexity index is 1210. The highest BCUT2D eigenvalue weighted by molar-refractivity contribution is 6.15. The van der Waals surface area contributed by atoms with Crippen molar-refractivity contribution in [3.8, 4) is 11.5 Å². The molecule has 3 fully saturated rings. The van der Waals surface area contributed by atoms with Crippen molar-refractivity contribution in [2.75, 3.05) is 32.6 Å². The molecular formula is C26H27N3O5. The van der Waals surface area contributed by atoms with E-state index in [0.717, 1.165) is 29.7 Å². The summed E-state index contributed by atoms with van der Waals surface area (Å²) in [6.45, 7) is 0.984. The lowest BCUT2D eigenvalue weighted by molar-refractivity contribution is -0.145. The molecule has 2 aromatic rings. The van der Waals surface area contributed by atoms with Gasteiger partial charge in [0.15, 0.2) is 11.5 Å². The standard InChI is InChI=1S/C26H27N3O5/c1-33-19-10-9-15(14-20(19)34-2)11-13-28-23(30)21-18-8-5-12-29(18)26(22(21)24(28)31)16-6-3-4-7-17(16)27-25(26)32/h3-4,6-7,9-10,14,18,21-22H,5,8,11-13H2,1-2H3,(H,27,32)/t18-,21+,22-,26+/m0/s1. The van der Waals surface area contributed by atoms with Crippen molar-refractivity contribution in [3.05, 3.63) is 53.6 Å². The molecule has 1 spiro atoms. The third kappa shape index (κ3) is 2.60. The Morgan fingerprint density at radius 1 is 1.03 bits per heavy atom. The van der Waals surface area contributed by atoms with E-state index in [9.17, 15) is 14.4 Å². The predicted octanol–water partition coefficient (Wildman–Crippen LogP) is 2.17. The van der Waals surface area contributed by atoms with Gasteiger partial charge in [0.25, 0.3) is 0 Å². The number of imide groups is 1. The zero-order chi connectivity index (χ0) is 23.6. The Morgan fingerprint density at radius 2 is 1.82 bits per heavy atom. The number of hydrogen-bond acceptors (Lipinski definition) is 6. The molecule has 0 bridgehead atoms. The summed E-state index contributed by atoms with van der Waals surface area (Å²) >= 11 is 0. The molecule has 0 aliphatic carbocycles. The van der Waals surface area contributed by atoms with Crippen molar-refractivity contribution in [2.24, 2.45) is 11.8 Å². The van der Waals surface area contributed by atoms with Crippen molar-refractivity contribution < 1.29 is 23.9 Å². The van der Waals surface area contributed by atoms with E-state index in [1.165, 1.54) is 4.90 Å². The summed E-state index contributed by atoms with van der Waals surface area (Å²) in [4.78, 5) is 44.6. The number of rotatable bonds is 5. The molecule has 3 amide bonds. The number of amides is 3. The topological polar surface area (TPSA) is 88.2 Å². The summed E-state index contributed by atoms with van der Waals surface area (Å²) in [5, 5.41) is 3.00. The summed E-state index contributed by atoms with van der Waals surface area (Å²) in [6.07, 6.45) is 2.24. The van der Waals surface area contributed by atoms with Crippen LogP contribution in [0.1, 0.15) is 24.0 Å². The van der Waals surface area contributed by atoms with Crippen LogP contribution in [0.3, 0.4) is 0 Å². The maximum atomic E-state index is 13.8. The number of nitrogens with zero attached hydrogens (tertiary/aromatic N) is 2. The first-order chi connectivity index (χ1) is 16.5. The van der Waals surface area contributed by atoms with Crippen molar-refractivity contribution >= 4 is 23.4 Å². The first-order valence-corrected chi connectivity index (χ1v) is 11.8. The quantitative estimate of drug-likeness (QED) is 0.687. The van der Waals surface area contributed by atoms with Crippen LogP contribution >= 0.6 is 0 Å². The van der Waals surface area contributed by atoms with Crippen molar-refractivity contribution in [2.45, 2.75) is 30.8 Å². The zero-order valence-corrected chi connectivity index (χ0v) is 19.2. The summed E-state index contributed by atoms with van der Waals surface area (Å²) in [6, 6.07) is 13.1. The van der Waals surface area contributed by atoms with E-state index in [2.05, 4.69) is 10.2 Å². The molecule has 8 nitrogen and oxygen atoms in total. The first kappa shape index (κ1) is 21.2. The molecular weight excluding hydrogens is 434 g/mol. The van der Waals surface area contributed by atoms with Gasteiger partial charge in [-0.05, 0) is 49.6 Å². The number of carbonyl (C=O) groups is 3. The first-order valence-electron chi connectivity index (χ1n) is 11.8. The van der Waals surface area contributed by atoms with E-state index in [0.29, 0.717) is 24.5 Å². The highest BCUT2D eigenvalue weighted by atomic mass is 16.5. The fourth-order valence-electron chi connectivity index (χ4n) is 6.72. The number of ether oxygens (including phenoxy) is 2. The Hall–Kier alpha value is -3.39. The van der Waals surface area contributed by atoms with E-state index >= 15 is 0 Å². The minimum Gasteiger partial charge on any atom is -0.493 e. The number of anilines is 1. The molecule has 0 unspecified atom stereocenters. The van der Waals surface area contributed by atoms with E-state index in [-0.39, 0.29) is 30.3 Å². The number of likely N-dealkylation sites (tertiary alicyclic amines) is 1. The summed E-state index contributed by atoms with van der Waals surface area (Å²) < 4.78 is 10.7. The minimum atomic E-state index is -1.10. The average molecular weight is 462 g/mol. The summed E-state index contributed by atoms with van der Waals surface area (Å²) in [7, 11) is 3.16. The van der Waals surface area contributed by atoms with Gasteiger partial charge in [0.2, 0.25) is 17.7 Å². The molecule has 1 N–H and O–H groups in total. The lowest BCUT2D eigenvalue weighted by atomic mass is 9.75. The van der Waals surface area contributed by atoms with Crippen LogP contribution < -0.4 is 14.8 Å². The number of carbonyl (C=O) groups excluding carboxylic acids is 3. The largest absolute Gasteiger partial charge is 0.493 e. The van der Waals surface area contributed by atoms with Gasteiger partial charge >= 0.3 is 0 Å². The van der Waals surface area contributed by atoms with Crippen molar-refractivity contribution in [1.29, 1.82) is 0 Å². The second-order valence-electron chi connectivity index (χ2n) is 9.44. The molecule has 0 aromatic heterocycles. The second kappa shape index (κ2) is 7.56. The average Bonchev–Trinajstić information content (AvgIpc) is 3.56. The maximum Gasteiger partial charge on any atom is 0.250 e. The summed E-state index contributed by atoms with van der Waals surface area (Å²) in [5.41, 5.74) is 1.40. The fraction of sp³-hybridized carbons (Fsp3) is 0.423. The lowest BCUT2D eigenvalue weighted by Gasteiger charge is -2.36. The molecule has 6 rings (SSSR count). The molecule has 0 saturated carbocycles. The lowest BCUT2D eigenvalue weighted by Crippen LogP contribution is -2.54. The molecule has 8 heteroatoms. The third-order valence-electron chi connectivity index (χ3n) is 8.06. The fourth-order valence-corrected chi connectivity index (χ4v) is 6.72. The Balaban J connectivity index is 1.34. The van der Waals surface area contributed by atoms with Crippen LogP contribution in [0.2, 0.25) is 0 Å². The number of benzene rings is 2. The van der Waals surface area contributed by atoms with E-state index in [1.807, 2.05) is 42.5 Å². The van der Waals surface area contributed by atoms with Gasteiger partial charge in [-0.15, -0.1) is 0 Å². The van der Waals surface area contributed by atoms with Gasteiger partial charge in [0.05, 0.1) is 26.1 Å². The monoisotopic (exact) mass is 461 g/mol. The molecule has 3 saturated heterocycles. The second-order valence-corrected chi connectivity index (χ2v) is 9.44. The Morgan fingerprint density at radius 3 is 2.62 bits per heavy atom. The molecule has 0 radical (unpaired) electrons. The minimum absolute atomic E-state index is 0.0931. The smallest absolute Gasteiger partial charge is 0.250 e. The molecule has 34 heavy (non-hydrogen) atoms. The highest BCUT2D eigenvalue weighted by Gasteiger charge is 2.74. The van der Waals surface area contributed by atoms with Crippen LogP contribution in [-0.2, 0) is 26.3 Å². The van der Waals surface area contributed by atoms with Crippen LogP contribution in [0, 0.1) is 11.8 Å². The number of nitrogens with one attached hydrogen (secondary N) is 1. The van der Waals surface area contributed by atoms with Crippen LogP contribution in [-0.4, -0.2) is 60.9 Å². The highest BCUT2D eigenvalue weighted by Crippen LogP contribution is 2.60. The number of fused-ring (bicyclic) bond motifs is 7. The van der Waals surface area contributed by atoms with Crippen LogP contribution in [0.5, 0.6) is 11.5 Å². The van der Waals surface area contributed by atoms with Gasteiger partial charge in [-0.2, -0.15) is 0 Å². The molecule has 4 atom stereocenters. The number of methoxy groups -OCH3 is 2. The maximum absolute atomic E-state index is 13.8. The van der Waals surface area contributed by atoms with Gasteiger partial charge < -0.3 is 14.8 Å². The van der Waals surface area contributed by atoms with Gasteiger partial charge in [0.1, 0.15) is 5.54 Å². The van der Waals surface area contributed by atoms with E-state index < -0.39 is 17.4 Å². The van der Waals surface area contributed by atoms with E-state index in [1.54, 1.807) is 14.2 Å². The Kier molecular flexibility index (Phi) is 4.71. The molecule has 4 heterocycles.